The maximum atomic E-state index is 13.6. The molecule has 2 aliphatic heterocycles. The monoisotopic (exact) mass is 279 g/mol. The molecule has 6 heteroatoms. The van der Waals surface area contributed by atoms with Gasteiger partial charge >= 0.3 is 0 Å². The lowest BCUT2D eigenvalue weighted by Gasteiger charge is -2.27. The van der Waals surface area contributed by atoms with Gasteiger partial charge in [0.25, 0.3) is 5.69 Å². The second kappa shape index (κ2) is 5.36. The molecule has 0 radical (unpaired) electrons. The van der Waals surface area contributed by atoms with Crippen LogP contribution in [0.4, 0.5) is 15.8 Å². The highest BCUT2D eigenvalue weighted by molar-refractivity contribution is 5.54. The van der Waals surface area contributed by atoms with Gasteiger partial charge in [0.2, 0.25) is 0 Å². The van der Waals surface area contributed by atoms with Gasteiger partial charge in [0, 0.05) is 37.4 Å². The van der Waals surface area contributed by atoms with E-state index in [1.54, 1.807) is 0 Å². The summed E-state index contributed by atoms with van der Waals surface area (Å²) < 4.78 is 13.6. The van der Waals surface area contributed by atoms with Crippen LogP contribution in [-0.2, 0) is 0 Å². The lowest BCUT2D eigenvalue weighted by atomic mass is 10.2. The average Bonchev–Trinajstić information content (AvgIpc) is 2.75. The number of fused-ring (bicyclic) bond motifs is 1. The summed E-state index contributed by atoms with van der Waals surface area (Å²) in [5.41, 5.74) is 0.456. The zero-order valence-corrected chi connectivity index (χ0v) is 11.3. The molecule has 108 valence electrons. The van der Waals surface area contributed by atoms with Crippen molar-refractivity contribution in [1.82, 2.24) is 4.90 Å². The van der Waals surface area contributed by atoms with Gasteiger partial charge in [0.15, 0.2) is 0 Å². The number of hydrogen-bond donors (Lipinski definition) is 0. The molecule has 1 unspecified atom stereocenters. The van der Waals surface area contributed by atoms with Crippen LogP contribution in [0.3, 0.4) is 0 Å². The van der Waals surface area contributed by atoms with E-state index >= 15 is 0 Å². The summed E-state index contributed by atoms with van der Waals surface area (Å²) in [5, 5.41) is 10.9. The van der Waals surface area contributed by atoms with Crippen LogP contribution in [0.2, 0.25) is 0 Å². The van der Waals surface area contributed by atoms with Gasteiger partial charge in [0.1, 0.15) is 5.82 Å². The highest BCUT2D eigenvalue weighted by Crippen LogP contribution is 2.28. The largest absolute Gasteiger partial charge is 0.370 e. The quantitative estimate of drug-likeness (QED) is 0.616. The van der Waals surface area contributed by atoms with E-state index in [2.05, 4.69) is 9.80 Å². The van der Waals surface area contributed by atoms with Crippen LogP contribution in [0.15, 0.2) is 18.2 Å². The van der Waals surface area contributed by atoms with Crippen molar-refractivity contribution in [2.45, 2.75) is 25.3 Å². The van der Waals surface area contributed by atoms with Gasteiger partial charge < -0.3 is 4.90 Å². The van der Waals surface area contributed by atoms with E-state index in [0.29, 0.717) is 11.7 Å². The maximum absolute atomic E-state index is 13.6. The van der Waals surface area contributed by atoms with Crippen LogP contribution in [0.5, 0.6) is 0 Å². The fourth-order valence-electron chi connectivity index (χ4n) is 3.29. The van der Waals surface area contributed by atoms with Gasteiger partial charge in [-0.3, -0.25) is 15.0 Å². The Morgan fingerprint density at radius 3 is 2.80 bits per heavy atom. The van der Waals surface area contributed by atoms with Crippen LogP contribution >= 0.6 is 0 Å². The Bertz CT molecular complexity index is 523. The SMILES string of the molecule is O=[N+]([O-])c1cc(F)cc(N2CCCN3CCCC3C2)c1. The van der Waals surface area contributed by atoms with Gasteiger partial charge in [-0.2, -0.15) is 0 Å². The van der Waals surface area contributed by atoms with Crippen molar-refractivity contribution < 1.29 is 9.31 Å². The molecule has 2 fully saturated rings. The molecule has 0 aromatic heterocycles. The molecule has 2 aliphatic rings. The minimum atomic E-state index is -0.540. The van der Waals surface area contributed by atoms with E-state index in [-0.39, 0.29) is 5.69 Å². The summed E-state index contributed by atoms with van der Waals surface area (Å²) in [5.74, 6) is -0.540. The Hall–Kier alpha value is -1.69. The number of nitro groups is 1. The number of benzene rings is 1. The lowest BCUT2D eigenvalue weighted by molar-refractivity contribution is -0.385. The molecule has 1 atom stereocenters. The number of nitrogens with zero attached hydrogens (tertiary/aromatic N) is 3. The molecule has 2 saturated heterocycles. The van der Waals surface area contributed by atoms with Gasteiger partial charge in [-0.15, -0.1) is 0 Å². The van der Waals surface area contributed by atoms with Crippen LogP contribution in [0, 0.1) is 15.9 Å². The van der Waals surface area contributed by atoms with Crippen molar-refractivity contribution in [3.63, 3.8) is 0 Å². The van der Waals surface area contributed by atoms with Crippen LogP contribution in [0.25, 0.3) is 0 Å². The number of non-ortho nitro benzene ring substituents is 1. The lowest BCUT2D eigenvalue weighted by Crippen LogP contribution is -2.36. The Morgan fingerprint density at radius 1 is 1.20 bits per heavy atom. The minimum absolute atomic E-state index is 0.174. The van der Waals surface area contributed by atoms with E-state index in [1.807, 2.05) is 0 Å². The standard InChI is InChI=1S/C14H18FN3O2/c15-11-7-13(9-14(8-11)18(19)20)17-6-2-5-16-4-1-3-12(16)10-17/h7-9,12H,1-6,10H2. The third-order valence-electron chi connectivity index (χ3n) is 4.25. The highest BCUT2D eigenvalue weighted by Gasteiger charge is 2.29. The summed E-state index contributed by atoms with van der Waals surface area (Å²) in [4.78, 5) is 14.9. The Balaban J connectivity index is 1.86. The molecule has 1 aromatic rings. The first-order chi connectivity index (χ1) is 9.63. The molecule has 20 heavy (non-hydrogen) atoms. The molecule has 0 N–H and O–H groups in total. The van der Waals surface area contributed by atoms with Crippen molar-refractivity contribution in [2.24, 2.45) is 0 Å². The van der Waals surface area contributed by atoms with E-state index in [0.717, 1.165) is 45.1 Å². The summed E-state index contributed by atoms with van der Waals surface area (Å²) >= 11 is 0. The van der Waals surface area contributed by atoms with E-state index in [9.17, 15) is 14.5 Å². The molecule has 0 amide bonds. The number of rotatable bonds is 2. The Morgan fingerprint density at radius 2 is 2.00 bits per heavy atom. The zero-order chi connectivity index (χ0) is 14.1. The normalized spacial score (nSPS) is 23.4. The fraction of sp³-hybridized carbons (Fsp3) is 0.571. The third-order valence-corrected chi connectivity index (χ3v) is 4.25. The summed E-state index contributed by atoms with van der Waals surface area (Å²) in [7, 11) is 0. The van der Waals surface area contributed by atoms with Crippen molar-refractivity contribution in [3.05, 3.63) is 34.1 Å². The van der Waals surface area contributed by atoms with Gasteiger partial charge in [-0.05, 0) is 31.9 Å². The molecule has 0 bridgehead atoms. The van der Waals surface area contributed by atoms with Crippen molar-refractivity contribution in [2.75, 3.05) is 31.1 Å². The summed E-state index contributed by atoms with van der Waals surface area (Å²) in [6.07, 6.45) is 3.39. The second-order valence-electron chi connectivity index (χ2n) is 5.56. The minimum Gasteiger partial charge on any atom is -0.370 e. The molecule has 1 aromatic carbocycles. The molecule has 5 nitrogen and oxygen atoms in total. The van der Waals surface area contributed by atoms with E-state index in [4.69, 9.17) is 0 Å². The number of nitro benzene ring substituents is 1. The fourth-order valence-corrected chi connectivity index (χ4v) is 3.29. The summed E-state index contributed by atoms with van der Waals surface area (Å²) in [6, 6.07) is 4.36. The molecule has 0 saturated carbocycles. The molecular formula is C14H18FN3O2. The van der Waals surface area contributed by atoms with Crippen molar-refractivity contribution >= 4 is 11.4 Å². The highest BCUT2D eigenvalue weighted by atomic mass is 19.1. The first-order valence-electron chi connectivity index (χ1n) is 7.07. The van der Waals surface area contributed by atoms with E-state index < -0.39 is 10.7 Å². The smallest absolute Gasteiger partial charge is 0.274 e. The molecular weight excluding hydrogens is 261 g/mol. The summed E-state index contributed by atoms with van der Waals surface area (Å²) in [6.45, 7) is 3.87. The van der Waals surface area contributed by atoms with Crippen LogP contribution in [-0.4, -0.2) is 42.0 Å². The number of hydrogen-bond acceptors (Lipinski definition) is 4. The predicted molar refractivity (Wildman–Crippen MR) is 74.5 cm³/mol. The maximum Gasteiger partial charge on any atom is 0.274 e. The average molecular weight is 279 g/mol. The third kappa shape index (κ3) is 2.60. The molecule has 0 aliphatic carbocycles. The topological polar surface area (TPSA) is 49.6 Å². The van der Waals surface area contributed by atoms with E-state index in [1.165, 1.54) is 18.6 Å². The van der Waals surface area contributed by atoms with Gasteiger partial charge in [-0.25, -0.2) is 4.39 Å². The van der Waals surface area contributed by atoms with Crippen molar-refractivity contribution in [1.29, 1.82) is 0 Å². The second-order valence-corrected chi connectivity index (χ2v) is 5.56. The zero-order valence-electron chi connectivity index (χ0n) is 11.3. The predicted octanol–water partition coefficient (Wildman–Crippen LogP) is 2.41. The van der Waals surface area contributed by atoms with Gasteiger partial charge in [-0.1, -0.05) is 0 Å². The number of anilines is 1. The first kappa shape index (κ1) is 13.3. The molecule has 2 heterocycles. The van der Waals surface area contributed by atoms with Crippen LogP contribution in [0.1, 0.15) is 19.3 Å². The Kier molecular flexibility index (Phi) is 3.56. The number of halogens is 1. The molecule has 3 rings (SSSR count). The van der Waals surface area contributed by atoms with Gasteiger partial charge in [0.05, 0.1) is 11.0 Å². The Labute approximate surface area is 117 Å². The van der Waals surface area contributed by atoms with Crippen molar-refractivity contribution in [3.8, 4) is 0 Å². The first-order valence-corrected chi connectivity index (χ1v) is 7.07. The van der Waals surface area contributed by atoms with Crippen LogP contribution < -0.4 is 4.90 Å². The molecule has 0 spiro atoms.